The summed E-state index contributed by atoms with van der Waals surface area (Å²) in [7, 11) is -13.7. The van der Waals surface area contributed by atoms with Crippen molar-refractivity contribution >= 4 is 65.1 Å². The average molecular weight is 898 g/mol. The lowest BCUT2D eigenvalue weighted by Gasteiger charge is -2.20. The van der Waals surface area contributed by atoms with Crippen molar-refractivity contribution < 1.29 is 52.1 Å². The normalized spacial score (nSPS) is 13.0. The first-order chi connectivity index (χ1) is 26.5. The van der Waals surface area contributed by atoms with Gasteiger partial charge in [0.05, 0.1) is 29.7 Å². The average Bonchev–Trinajstić information content (AvgIpc) is 3.12. The van der Waals surface area contributed by atoms with E-state index in [0.29, 0.717) is 0 Å². The molecule has 0 atom stereocenters. The summed E-state index contributed by atoms with van der Waals surface area (Å²) < 4.78 is 103. The van der Waals surface area contributed by atoms with Crippen molar-refractivity contribution in [2.75, 3.05) is 19.8 Å². The van der Waals surface area contributed by atoms with Crippen LogP contribution in [0.1, 0.15) is 94.2 Å². The number of hydrogen-bond acceptors (Lipinski definition) is 12. The van der Waals surface area contributed by atoms with Crippen molar-refractivity contribution in [1.82, 2.24) is 0 Å². The Bertz CT molecular complexity index is 2550. The maximum Gasteiger partial charge on any atom is 0.300 e. The maximum absolute atomic E-state index is 13.9. The van der Waals surface area contributed by atoms with Crippen molar-refractivity contribution in [3.8, 4) is 11.5 Å². The maximum atomic E-state index is 13.9. The van der Waals surface area contributed by atoms with Gasteiger partial charge in [-0.05, 0) is 83.0 Å². The van der Waals surface area contributed by atoms with Gasteiger partial charge in [0.2, 0.25) is 0 Å². The smallest absolute Gasteiger partial charge is 0.300 e. The third-order valence-corrected chi connectivity index (χ3v) is 12.1. The molecule has 0 saturated carbocycles. The van der Waals surface area contributed by atoms with Gasteiger partial charge in [-0.25, -0.2) is 0 Å². The number of rotatable bonds is 15. The molecule has 0 radical (unpaired) electrons. The predicted octanol–water partition coefficient (Wildman–Crippen LogP) is 9.50. The molecule has 0 saturated heterocycles. The summed E-state index contributed by atoms with van der Waals surface area (Å²) in [5.41, 5.74) is -2.17. The van der Waals surface area contributed by atoms with Crippen LogP contribution < -0.4 is 4.74 Å². The quantitative estimate of drug-likeness (QED) is 0.0818. The highest BCUT2D eigenvalue weighted by Gasteiger charge is 2.31. The van der Waals surface area contributed by atoms with Gasteiger partial charge in [0, 0.05) is 27.3 Å². The molecule has 4 aromatic carbocycles. The minimum atomic E-state index is -4.73. The minimum Gasteiger partial charge on any atom is -0.454 e. The van der Waals surface area contributed by atoms with E-state index in [1.54, 1.807) is 62.3 Å². The second kappa shape index (κ2) is 17.5. The van der Waals surface area contributed by atoms with E-state index in [1.165, 1.54) is 48.5 Å². The highest BCUT2D eigenvalue weighted by Crippen LogP contribution is 2.38. The lowest BCUT2D eigenvalue weighted by Crippen LogP contribution is -2.20. The molecule has 0 spiro atoms. The van der Waals surface area contributed by atoms with Crippen LogP contribution >= 0.6 is 23.2 Å². The van der Waals surface area contributed by atoms with Crippen LogP contribution in [0.5, 0.6) is 11.5 Å². The van der Waals surface area contributed by atoms with Gasteiger partial charge in [-0.2, -0.15) is 25.3 Å². The van der Waals surface area contributed by atoms with E-state index in [-0.39, 0.29) is 57.0 Å². The molecular formula is C41H46Cl2O12S3. The van der Waals surface area contributed by atoms with Crippen molar-refractivity contribution in [3.63, 3.8) is 0 Å². The zero-order valence-electron chi connectivity index (χ0n) is 33.5. The zero-order chi connectivity index (χ0) is 43.6. The van der Waals surface area contributed by atoms with Crippen LogP contribution in [0.3, 0.4) is 0 Å². The lowest BCUT2D eigenvalue weighted by molar-refractivity contribution is 0.103. The minimum absolute atomic E-state index is 0.00741. The van der Waals surface area contributed by atoms with E-state index in [2.05, 4.69) is 0 Å². The van der Waals surface area contributed by atoms with Gasteiger partial charge < -0.3 is 4.74 Å². The van der Waals surface area contributed by atoms with Crippen LogP contribution in [0.25, 0.3) is 0 Å². The molecule has 0 aliphatic rings. The highest BCUT2D eigenvalue weighted by molar-refractivity contribution is 7.87. The van der Waals surface area contributed by atoms with Crippen LogP contribution in [0.2, 0.25) is 10.0 Å². The molecule has 0 aromatic heterocycles. The molecule has 4 aromatic rings. The molecule has 12 nitrogen and oxygen atoms in total. The van der Waals surface area contributed by atoms with E-state index >= 15 is 0 Å². The van der Waals surface area contributed by atoms with Gasteiger partial charge in [0.25, 0.3) is 10.1 Å². The van der Waals surface area contributed by atoms with Crippen LogP contribution in [-0.2, 0) is 42.9 Å². The number of ether oxygens (including phenoxy) is 1. The fraction of sp³-hybridized carbons (Fsp3) is 0.366. The van der Waals surface area contributed by atoms with Gasteiger partial charge in [-0.3, -0.25) is 22.1 Å². The second-order valence-electron chi connectivity index (χ2n) is 17.1. The molecule has 0 aliphatic heterocycles. The van der Waals surface area contributed by atoms with E-state index in [0.717, 1.165) is 30.3 Å². The Hall–Kier alpha value is -3.67. The topological polar surface area (TPSA) is 173 Å². The summed E-state index contributed by atoms with van der Waals surface area (Å²) >= 11 is 12.4. The first-order valence-corrected chi connectivity index (χ1v) is 22.7. The molecule has 0 unspecified atom stereocenters. The third-order valence-electron chi connectivity index (χ3n) is 7.67. The Morgan fingerprint density at radius 1 is 0.517 bits per heavy atom. The Morgan fingerprint density at radius 2 is 0.948 bits per heavy atom. The van der Waals surface area contributed by atoms with Gasteiger partial charge in [-0.1, -0.05) is 97.6 Å². The van der Waals surface area contributed by atoms with Crippen LogP contribution in [0.15, 0.2) is 93.5 Å². The molecular weight excluding hydrogens is 852 g/mol. The van der Waals surface area contributed by atoms with E-state index in [1.807, 2.05) is 0 Å². The van der Waals surface area contributed by atoms with Gasteiger partial charge >= 0.3 is 20.2 Å². The Labute approximate surface area is 351 Å². The first kappa shape index (κ1) is 47.0. The fourth-order valence-corrected chi connectivity index (χ4v) is 8.78. The Balaban J connectivity index is 1.86. The predicted molar refractivity (Wildman–Crippen MR) is 221 cm³/mol. The number of benzene rings is 4. The second-order valence-corrected chi connectivity index (χ2v) is 22.7. The largest absolute Gasteiger partial charge is 0.454 e. The molecule has 0 aliphatic carbocycles. The Morgan fingerprint density at radius 3 is 1.41 bits per heavy atom. The number of carbonyl (C=O) groups excluding carboxylic acids is 2. The number of hydrogen-bond donors (Lipinski definition) is 0. The summed E-state index contributed by atoms with van der Waals surface area (Å²) in [6.07, 6.45) is 0. The number of halogens is 2. The molecule has 17 heteroatoms. The lowest BCUT2D eigenvalue weighted by atomic mass is 9.99. The van der Waals surface area contributed by atoms with Crippen molar-refractivity contribution in [2.45, 2.75) is 77.0 Å². The molecule has 0 heterocycles. The fourth-order valence-electron chi connectivity index (χ4n) is 4.72. The number of ketones is 2. The molecule has 0 bridgehead atoms. The molecule has 58 heavy (non-hydrogen) atoms. The van der Waals surface area contributed by atoms with Crippen molar-refractivity contribution in [1.29, 1.82) is 0 Å². The first-order valence-electron chi connectivity index (χ1n) is 17.8. The SMILES string of the molecule is CC(C)(C)COS(=O)(=O)c1cccc(C(=O)c2ccc(Oc3ccc(C(=O)c4cc(Cl)ccc4Cl)cc3S(=O)(=O)OCC(C)(C)C)c(S(=O)(=O)OCC(C)(C)C)c2)c1. The summed E-state index contributed by atoms with van der Waals surface area (Å²) in [6.45, 7) is 15.2. The molecule has 0 fully saturated rings. The summed E-state index contributed by atoms with van der Waals surface area (Å²) in [6, 6.07) is 16.1. The zero-order valence-corrected chi connectivity index (χ0v) is 37.5. The van der Waals surface area contributed by atoms with Gasteiger partial charge in [-0.15, -0.1) is 0 Å². The third kappa shape index (κ3) is 12.7. The molecule has 4 rings (SSSR count). The van der Waals surface area contributed by atoms with Gasteiger partial charge in [0.1, 0.15) is 21.3 Å². The van der Waals surface area contributed by atoms with Crippen molar-refractivity contribution in [2.24, 2.45) is 16.2 Å². The van der Waals surface area contributed by atoms with Gasteiger partial charge in [0.15, 0.2) is 11.6 Å². The monoisotopic (exact) mass is 896 g/mol. The molecule has 0 amide bonds. The Kier molecular flexibility index (Phi) is 14.2. The van der Waals surface area contributed by atoms with Crippen LogP contribution in [0, 0.1) is 16.2 Å². The van der Waals surface area contributed by atoms with Crippen LogP contribution in [0.4, 0.5) is 0 Å². The van der Waals surface area contributed by atoms with Crippen LogP contribution in [-0.4, -0.2) is 56.6 Å². The standard InChI is InChI=1S/C41H46Cl2O12S3/c1-39(2,3)23-52-56(46,47)30-12-10-11-26(19-30)37(44)27-13-17-33(35(20-27)57(48,49)53-24-40(4,5)6)55-34-18-14-28(38(45)31-22-29(42)15-16-32(31)43)21-36(34)58(50,51)54-25-41(7,8)9/h10-22H,23-25H2,1-9H3. The molecule has 0 N–H and O–H groups in total. The van der Waals surface area contributed by atoms with E-state index in [4.69, 9.17) is 40.5 Å². The van der Waals surface area contributed by atoms with E-state index in [9.17, 15) is 34.8 Å². The summed E-state index contributed by atoms with van der Waals surface area (Å²) in [5.74, 6) is -2.30. The van der Waals surface area contributed by atoms with Crippen molar-refractivity contribution in [3.05, 3.63) is 111 Å². The highest BCUT2D eigenvalue weighted by atomic mass is 35.5. The summed E-state index contributed by atoms with van der Waals surface area (Å²) in [5, 5.41) is 0.270. The van der Waals surface area contributed by atoms with E-state index < -0.39 is 79.5 Å². The summed E-state index contributed by atoms with van der Waals surface area (Å²) in [4.78, 5) is 25.9. The molecule has 314 valence electrons. The number of carbonyl (C=O) groups is 2.